The summed E-state index contributed by atoms with van der Waals surface area (Å²) < 4.78 is 16.9. The molecule has 0 bridgehead atoms. The van der Waals surface area contributed by atoms with E-state index in [1.807, 2.05) is 12.1 Å². The van der Waals surface area contributed by atoms with Crippen molar-refractivity contribution in [2.45, 2.75) is 26.0 Å². The second-order valence-electron chi connectivity index (χ2n) is 7.36. The second kappa shape index (κ2) is 10.1. The summed E-state index contributed by atoms with van der Waals surface area (Å²) in [4.78, 5) is 4.61. The Labute approximate surface area is 162 Å². The number of β-amino-alcohol motifs (C(OH)–C–C–N with tert-alkyl or cyclic N) is 1. The molecule has 2 aliphatic heterocycles. The Bertz CT molecular complexity index is 629. The van der Waals surface area contributed by atoms with Crippen molar-refractivity contribution in [3.8, 4) is 11.5 Å². The molecule has 0 unspecified atom stereocenters. The maximum Gasteiger partial charge on any atom is 0.165 e. The Morgan fingerprint density at radius 2 is 2.00 bits per heavy atom. The Morgan fingerprint density at radius 3 is 2.70 bits per heavy atom. The van der Waals surface area contributed by atoms with Gasteiger partial charge in [-0.2, -0.15) is 0 Å². The van der Waals surface area contributed by atoms with Crippen molar-refractivity contribution in [3.05, 3.63) is 35.4 Å². The normalized spacial score (nSPS) is 20.2. The average Bonchev–Trinajstić information content (AvgIpc) is 2.69. The van der Waals surface area contributed by atoms with Crippen molar-refractivity contribution >= 4 is 0 Å². The molecule has 3 rings (SSSR count). The number of para-hydroxylation sites is 1. The lowest BCUT2D eigenvalue weighted by Crippen LogP contribution is -2.42. The number of ether oxygens (including phenoxy) is 3. The van der Waals surface area contributed by atoms with Gasteiger partial charge in [0.15, 0.2) is 11.5 Å². The summed E-state index contributed by atoms with van der Waals surface area (Å²) in [6.45, 7) is 9.05. The molecule has 0 spiro atoms. The molecule has 1 fully saturated rings. The van der Waals surface area contributed by atoms with Crippen LogP contribution in [0.15, 0.2) is 29.8 Å². The van der Waals surface area contributed by atoms with Crippen LogP contribution in [0.3, 0.4) is 0 Å². The smallest absolute Gasteiger partial charge is 0.165 e. The Balaban J connectivity index is 1.60. The molecule has 2 heterocycles. The Hall–Kier alpha value is -1.60. The zero-order chi connectivity index (χ0) is 19.1. The first-order valence-electron chi connectivity index (χ1n) is 9.80. The summed E-state index contributed by atoms with van der Waals surface area (Å²) >= 11 is 0. The summed E-state index contributed by atoms with van der Waals surface area (Å²) in [5.41, 5.74) is 2.56. The molecular formula is C21H32N2O4. The molecular weight excluding hydrogens is 344 g/mol. The summed E-state index contributed by atoms with van der Waals surface area (Å²) in [5.74, 6) is 1.46. The minimum Gasteiger partial charge on any atom is -0.493 e. The third-order valence-corrected chi connectivity index (χ3v) is 5.19. The zero-order valence-corrected chi connectivity index (χ0v) is 16.5. The lowest BCUT2D eigenvalue weighted by molar-refractivity contribution is 0.00431. The first kappa shape index (κ1) is 20.1. The molecule has 1 N–H and O–H groups in total. The van der Waals surface area contributed by atoms with Crippen LogP contribution in [0.4, 0.5) is 0 Å². The van der Waals surface area contributed by atoms with E-state index in [-0.39, 0.29) is 6.61 Å². The molecule has 2 aliphatic rings. The fourth-order valence-electron chi connectivity index (χ4n) is 3.52. The molecule has 27 heavy (non-hydrogen) atoms. The van der Waals surface area contributed by atoms with Crippen LogP contribution in [0.25, 0.3) is 0 Å². The van der Waals surface area contributed by atoms with Crippen molar-refractivity contribution in [1.82, 2.24) is 9.80 Å². The van der Waals surface area contributed by atoms with E-state index in [2.05, 4.69) is 28.9 Å². The molecule has 1 aromatic rings. The molecule has 0 radical (unpaired) electrons. The first-order valence-corrected chi connectivity index (χ1v) is 9.80. The predicted octanol–water partition coefficient (Wildman–Crippen LogP) is 1.92. The van der Waals surface area contributed by atoms with Gasteiger partial charge in [-0.3, -0.25) is 9.80 Å². The fraction of sp³-hybridized carbons (Fsp3) is 0.619. The standard InChI is InChI=1S/C21H32N2O4/c1-17-6-8-22(9-7-17)14-18-4-3-5-20(25-2)21(18)27-16-19(24)15-23-10-12-26-13-11-23/h3-6,19,24H,7-16H2,1-2H3/t19-/m0/s1. The van der Waals surface area contributed by atoms with E-state index in [1.165, 1.54) is 5.57 Å². The average molecular weight is 376 g/mol. The fourth-order valence-corrected chi connectivity index (χ4v) is 3.52. The molecule has 1 aromatic carbocycles. The van der Waals surface area contributed by atoms with E-state index in [0.717, 1.165) is 69.4 Å². The van der Waals surface area contributed by atoms with E-state index >= 15 is 0 Å². The van der Waals surface area contributed by atoms with E-state index in [0.29, 0.717) is 6.54 Å². The van der Waals surface area contributed by atoms with E-state index in [4.69, 9.17) is 14.2 Å². The highest BCUT2D eigenvalue weighted by Gasteiger charge is 2.19. The van der Waals surface area contributed by atoms with Crippen LogP contribution in [-0.2, 0) is 11.3 Å². The summed E-state index contributed by atoms with van der Waals surface area (Å²) in [7, 11) is 1.66. The van der Waals surface area contributed by atoms with Gasteiger partial charge in [-0.25, -0.2) is 0 Å². The highest BCUT2D eigenvalue weighted by molar-refractivity contribution is 5.46. The number of nitrogens with zero attached hydrogens (tertiary/aromatic N) is 2. The molecule has 0 aliphatic carbocycles. The van der Waals surface area contributed by atoms with Crippen LogP contribution in [0.5, 0.6) is 11.5 Å². The zero-order valence-electron chi connectivity index (χ0n) is 16.5. The maximum atomic E-state index is 10.4. The van der Waals surface area contributed by atoms with Gasteiger partial charge in [0, 0.05) is 44.8 Å². The lowest BCUT2D eigenvalue weighted by atomic mass is 10.1. The summed E-state index contributed by atoms with van der Waals surface area (Å²) in [6, 6.07) is 5.99. The van der Waals surface area contributed by atoms with Crippen LogP contribution in [-0.4, -0.2) is 80.7 Å². The number of rotatable bonds is 8. The van der Waals surface area contributed by atoms with Crippen molar-refractivity contribution in [3.63, 3.8) is 0 Å². The number of hydrogen-bond acceptors (Lipinski definition) is 6. The summed E-state index contributed by atoms with van der Waals surface area (Å²) in [6.07, 6.45) is 2.86. The van der Waals surface area contributed by atoms with Gasteiger partial charge in [0.25, 0.3) is 0 Å². The number of methoxy groups -OCH3 is 1. The van der Waals surface area contributed by atoms with E-state index in [9.17, 15) is 5.11 Å². The van der Waals surface area contributed by atoms with Crippen LogP contribution in [0.2, 0.25) is 0 Å². The third-order valence-electron chi connectivity index (χ3n) is 5.19. The van der Waals surface area contributed by atoms with Gasteiger partial charge in [-0.1, -0.05) is 23.8 Å². The third kappa shape index (κ3) is 5.94. The minimum atomic E-state index is -0.540. The van der Waals surface area contributed by atoms with Gasteiger partial charge in [-0.15, -0.1) is 0 Å². The number of hydrogen-bond donors (Lipinski definition) is 1. The molecule has 1 saturated heterocycles. The first-order chi connectivity index (χ1) is 13.2. The van der Waals surface area contributed by atoms with Crippen molar-refractivity contribution < 1.29 is 19.3 Å². The lowest BCUT2D eigenvalue weighted by Gasteiger charge is -2.29. The van der Waals surface area contributed by atoms with E-state index in [1.54, 1.807) is 7.11 Å². The molecule has 0 amide bonds. The number of aliphatic hydroxyl groups is 1. The van der Waals surface area contributed by atoms with Gasteiger partial charge < -0.3 is 19.3 Å². The van der Waals surface area contributed by atoms with Gasteiger partial charge in [0.1, 0.15) is 12.7 Å². The van der Waals surface area contributed by atoms with Gasteiger partial charge >= 0.3 is 0 Å². The molecule has 150 valence electrons. The largest absolute Gasteiger partial charge is 0.493 e. The van der Waals surface area contributed by atoms with Crippen LogP contribution in [0, 0.1) is 0 Å². The Morgan fingerprint density at radius 1 is 1.19 bits per heavy atom. The molecule has 6 heteroatoms. The number of benzene rings is 1. The van der Waals surface area contributed by atoms with Gasteiger partial charge in [-0.05, 0) is 19.4 Å². The maximum absolute atomic E-state index is 10.4. The SMILES string of the molecule is COc1cccc(CN2CC=C(C)CC2)c1OC[C@@H](O)CN1CCOCC1. The number of aliphatic hydroxyl groups excluding tert-OH is 1. The Kier molecular flexibility index (Phi) is 7.52. The molecule has 6 nitrogen and oxygen atoms in total. The second-order valence-corrected chi connectivity index (χ2v) is 7.36. The molecule has 0 aromatic heterocycles. The minimum absolute atomic E-state index is 0.254. The van der Waals surface area contributed by atoms with Crippen molar-refractivity contribution in [2.24, 2.45) is 0 Å². The highest BCUT2D eigenvalue weighted by Crippen LogP contribution is 2.32. The van der Waals surface area contributed by atoms with Crippen LogP contribution >= 0.6 is 0 Å². The van der Waals surface area contributed by atoms with E-state index < -0.39 is 6.10 Å². The molecule has 1 atom stereocenters. The summed E-state index contributed by atoms with van der Waals surface area (Å²) in [5, 5.41) is 10.4. The monoisotopic (exact) mass is 376 g/mol. The van der Waals surface area contributed by atoms with Crippen LogP contribution in [0.1, 0.15) is 18.9 Å². The van der Waals surface area contributed by atoms with Crippen molar-refractivity contribution in [1.29, 1.82) is 0 Å². The van der Waals surface area contributed by atoms with Gasteiger partial charge in [0.2, 0.25) is 0 Å². The van der Waals surface area contributed by atoms with Crippen molar-refractivity contribution in [2.75, 3.05) is 59.7 Å². The predicted molar refractivity (Wildman–Crippen MR) is 105 cm³/mol. The topological polar surface area (TPSA) is 54.4 Å². The molecule has 0 saturated carbocycles. The number of morpholine rings is 1. The van der Waals surface area contributed by atoms with Crippen LogP contribution < -0.4 is 9.47 Å². The quantitative estimate of drug-likeness (QED) is 0.700. The van der Waals surface area contributed by atoms with Gasteiger partial charge in [0.05, 0.1) is 20.3 Å². The highest BCUT2D eigenvalue weighted by atomic mass is 16.5.